The standard InChI is InChI=1S/C24H23ClN4O3/c1-31-22-11-23(32-2)21(10-19(22)25)29-24(30)28-13-17(15-6-5-9-26-12-15)18-14-27-20-8-4-3-7-16(18)20/h3-12,14,17,27H,13H2,1-2H3,(H2,28,29,30)/t17-/m0/s1. The van der Waals surface area contributed by atoms with Gasteiger partial charge < -0.3 is 25.1 Å². The molecule has 0 radical (unpaired) electrons. The van der Waals surface area contributed by atoms with Gasteiger partial charge >= 0.3 is 6.03 Å². The molecule has 0 saturated carbocycles. The van der Waals surface area contributed by atoms with Gasteiger partial charge in [-0.3, -0.25) is 4.98 Å². The number of fused-ring (bicyclic) bond motifs is 1. The molecule has 8 heteroatoms. The van der Waals surface area contributed by atoms with Crippen molar-refractivity contribution in [2.75, 3.05) is 26.1 Å². The number of H-pyrrole nitrogens is 1. The minimum atomic E-state index is -0.377. The fourth-order valence-corrected chi connectivity index (χ4v) is 3.93. The number of benzene rings is 2. The van der Waals surface area contributed by atoms with Crippen LogP contribution in [0.25, 0.3) is 10.9 Å². The number of ether oxygens (including phenoxy) is 2. The van der Waals surface area contributed by atoms with Crippen molar-refractivity contribution in [1.29, 1.82) is 0 Å². The van der Waals surface area contributed by atoms with Crippen molar-refractivity contribution in [1.82, 2.24) is 15.3 Å². The molecule has 2 amide bonds. The monoisotopic (exact) mass is 450 g/mol. The van der Waals surface area contributed by atoms with E-state index in [4.69, 9.17) is 21.1 Å². The Morgan fingerprint density at radius 1 is 1.12 bits per heavy atom. The Morgan fingerprint density at radius 2 is 1.94 bits per heavy atom. The molecule has 2 aromatic heterocycles. The third kappa shape index (κ3) is 4.48. The number of carbonyl (C=O) groups is 1. The lowest BCUT2D eigenvalue weighted by Gasteiger charge is -2.19. The topological polar surface area (TPSA) is 88.3 Å². The van der Waals surface area contributed by atoms with Crippen LogP contribution in [0.1, 0.15) is 17.0 Å². The summed E-state index contributed by atoms with van der Waals surface area (Å²) in [4.78, 5) is 20.3. The van der Waals surface area contributed by atoms with E-state index < -0.39 is 0 Å². The molecule has 0 spiro atoms. The Morgan fingerprint density at radius 3 is 2.69 bits per heavy atom. The highest BCUT2D eigenvalue weighted by molar-refractivity contribution is 6.32. The second-order valence-electron chi connectivity index (χ2n) is 7.15. The molecular weight excluding hydrogens is 428 g/mol. The second kappa shape index (κ2) is 9.62. The summed E-state index contributed by atoms with van der Waals surface area (Å²) in [6, 6.07) is 14.8. The molecule has 2 aromatic carbocycles. The van der Waals surface area contributed by atoms with Gasteiger partial charge in [0.2, 0.25) is 0 Å². The van der Waals surface area contributed by atoms with Crippen LogP contribution in [0.5, 0.6) is 11.5 Å². The lowest BCUT2D eigenvalue weighted by Crippen LogP contribution is -2.32. The number of amides is 2. The van der Waals surface area contributed by atoms with Gasteiger partial charge in [0.1, 0.15) is 11.5 Å². The molecule has 164 valence electrons. The zero-order valence-corrected chi connectivity index (χ0v) is 18.4. The molecule has 0 aliphatic rings. The lowest BCUT2D eigenvalue weighted by atomic mass is 9.92. The molecule has 1 atom stereocenters. The molecule has 0 fully saturated rings. The predicted molar refractivity (Wildman–Crippen MR) is 126 cm³/mol. The average molecular weight is 451 g/mol. The molecule has 2 heterocycles. The number of anilines is 1. The highest BCUT2D eigenvalue weighted by Gasteiger charge is 2.20. The van der Waals surface area contributed by atoms with Gasteiger partial charge in [-0.05, 0) is 29.3 Å². The highest BCUT2D eigenvalue weighted by atomic mass is 35.5. The summed E-state index contributed by atoms with van der Waals surface area (Å²) in [6.45, 7) is 0.367. The normalized spacial score (nSPS) is 11.7. The van der Waals surface area contributed by atoms with Crippen molar-refractivity contribution in [3.8, 4) is 11.5 Å². The fourth-order valence-electron chi connectivity index (χ4n) is 3.69. The van der Waals surface area contributed by atoms with Crippen molar-refractivity contribution in [2.24, 2.45) is 0 Å². The minimum absolute atomic E-state index is 0.0908. The number of hydrogen-bond acceptors (Lipinski definition) is 4. The molecule has 4 rings (SSSR count). The summed E-state index contributed by atoms with van der Waals surface area (Å²) >= 11 is 6.21. The van der Waals surface area contributed by atoms with Gasteiger partial charge in [-0.1, -0.05) is 35.9 Å². The third-order valence-electron chi connectivity index (χ3n) is 5.27. The van der Waals surface area contributed by atoms with Crippen LogP contribution in [0.3, 0.4) is 0 Å². The largest absolute Gasteiger partial charge is 0.495 e. The number of hydrogen-bond donors (Lipinski definition) is 3. The number of para-hydroxylation sites is 1. The van der Waals surface area contributed by atoms with Crippen molar-refractivity contribution in [2.45, 2.75) is 5.92 Å². The van der Waals surface area contributed by atoms with Crippen LogP contribution in [-0.4, -0.2) is 36.8 Å². The SMILES string of the molecule is COc1cc(OC)c(NC(=O)NC[C@@H](c2cccnc2)c2c[nH]c3ccccc23)cc1Cl. The summed E-state index contributed by atoms with van der Waals surface area (Å²) in [5.74, 6) is 0.819. The van der Waals surface area contributed by atoms with Crippen LogP contribution in [0.4, 0.5) is 10.5 Å². The van der Waals surface area contributed by atoms with E-state index in [1.54, 1.807) is 18.3 Å². The van der Waals surface area contributed by atoms with E-state index in [9.17, 15) is 4.79 Å². The Balaban J connectivity index is 1.55. The van der Waals surface area contributed by atoms with Gasteiger partial charge in [0.25, 0.3) is 0 Å². The Hall–Kier alpha value is -3.71. The van der Waals surface area contributed by atoms with E-state index >= 15 is 0 Å². The van der Waals surface area contributed by atoms with Gasteiger partial charge in [0.05, 0.1) is 24.9 Å². The van der Waals surface area contributed by atoms with Crippen LogP contribution < -0.4 is 20.1 Å². The van der Waals surface area contributed by atoms with E-state index in [0.717, 1.165) is 22.0 Å². The van der Waals surface area contributed by atoms with Gasteiger partial charge in [-0.2, -0.15) is 0 Å². The molecule has 0 bridgehead atoms. The van der Waals surface area contributed by atoms with Crippen LogP contribution in [0.15, 0.2) is 67.1 Å². The summed E-state index contributed by atoms with van der Waals surface area (Å²) < 4.78 is 10.6. The van der Waals surface area contributed by atoms with E-state index in [0.29, 0.717) is 28.8 Å². The number of aromatic nitrogens is 2. The van der Waals surface area contributed by atoms with Crippen molar-refractivity contribution < 1.29 is 14.3 Å². The Bertz CT molecular complexity index is 1230. The number of rotatable bonds is 7. The minimum Gasteiger partial charge on any atom is -0.495 e. The summed E-state index contributed by atoms with van der Waals surface area (Å²) in [6.07, 6.45) is 5.53. The number of urea groups is 1. The predicted octanol–water partition coefficient (Wildman–Crippen LogP) is 5.19. The zero-order chi connectivity index (χ0) is 22.5. The molecule has 32 heavy (non-hydrogen) atoms. The summed E-state index contributed by atoms with van der Waals surface area (Å²) in [5.41, 5.74) is 3.57. The van der Waals surface area contributed by atoms with Crippen LogP contribution in [0, 0.1) is 0 Å². The Labute approximate surface area is 190 Å². The van der Waals surface area contributed by atoms with Crippen molar-refractivity contribution in [3.63, 3.8) is 0 Å². The highest BCUT2D eigenvalue weighted by Crippen LogP contribution is 2.36. The van der Waals surface area contributed by atoms with E-state index in [-0.39, 0.29) is 11.9 Å². The maximum Gasteiger partial charge on any atom is 0.319 e. The van der Waals surface area contributed by atoms with Crippen LogP contribution >= 0.6 is 11.6 Å². The first-order chi connectivity index (χ1) is 15.6. The molecule has 4 aromatic rings. The van der Waals surface area contributed by atoms with Crippen LogP contribution in [-0.2, 0) is 0 Å². The average Bonchev–Trinajstić information content (AvgIpc) is 3.24. The van der Waals surface area contributed by atoms with E-state index in [1.165, 1.54) is 14.2 Å². The Kier molecular flexibility index (Phi) is 6.47. The number of methoxy groups -OCH3 is 2. The number of aromatic amines is 1. The molecule has 0 aliphatic carbocycles. The van der Waals surface area contributed by atoms with Crippen molar-refractivity contribution in [3.05, 3.63) is 83.3 Å². The van der Waals surface area contributed by atoms with E-state index in [1.807, 2.05) is 42.7 Å². The van der Waals surface area contributed by atoms with Crippen LogP contribution in [0.2, 0.25) is 5.02 Å². The fraction of sp³-hybridized carbons (Fsp3) is 0.167. The van der Waals surface area contributed by atoms with Gasteiger partial charge in [0.15, 0.2) is 0 Å². The lowest BCUT2D eigenvalue weighted by molar-refractivity contribution is 0.251. The number of carbonyl (C=O) groups excluding carboxylic acids is 1. The maximum absolute atomic E-state index is 12.7. The molecule has 7 nitrogen and oxygen atoms in total. The van der Waals surface area contributed by atoms with Gasteiger partial charge in [-0.25, -0.2) is 4.79 Å². The van der Waals surface area contributed by atoms with Gasteiger partial charge in [0, 0.05) is 48.0 Å². The quantitative estimate of drug-likeness (QED) is 0.361. The van der Waals surface area contributed by atoms with E-state index in [2.05, 4.69) is 26.7 Å². The third-order valence-corrected chi connectivity index (χ3v) is 5.57. The molecule has 0 unspecified atom stereocenters. The number of nitrogens with zero attached hydrogens (tertiary/aromatic N) is 1. The maximum atomic E-state index is 12.7. The number of halogens is 1. The smallest absolute Gasteiger partial charge is 0.319 e. The van der Waals surface area contributed by atoms with Gasteiger partial charge in [-0.15, -0.1) is 0 Å². The van der Waals surface area contributed by atoms with Crippen molar-refractivity contribution >= 4 is 34.2 Å². The first kappa shape index (κ1) is 21.5. The second-order valence-corrected chi connectivity index (χ2v) is 7.56. The molecule has 0 aliphatic heterocycles. The summed E-state index contributed by atoms with van der Waals surface area (Å²) in [7, 11) is 3.03. The zero-order valence-electron chi connectivity index (χ0n) is 17.7. The first-order valence-electron chi connectivity index (χ1n) is 10.0. The number of pyridine rings is 1. The molecule has 3 N–H and O–H groups in total. The molecule has 0 saturated heterocycles. The summed E-state index contributed by atoms with van der Waals surface area (Å²) in [5, 5.41) is 7.24. The first-order valence-corrected chi connectivity index (χ1v) is 10.4. The number of nitrogens with one attached hydrogen (secondary N) is 3. The molecular formula is C24H23ClN4O3.